The predicted octanol–water partition coefficient (Wildman–Crippen LogP) is 4.46. The van der Waals surface area contributed by atoms with Crippen LogP contribution in [0.1, 0.15) is 22.2 Å². The number of benzene rings is 1. The van der Waals surface area contributed by atoms with Gasteiger partial charge in [0.15, 0.2) is 0 Å². The van der Waals surface area contributed by atoms with Crippen LogP contribution < -0.4 is 0 Å². The van der Waals surface area contributed by atoms with E-state index in [1.54, 1.807) is 17.4 Å². The molecule has 0 spiro atoms. The molecule has 0 fully saturated rings. The van der Waals surface area contributed by atoms with Crippen LogP contribution in [0.4, 0.5) is 0 Å². The lowest BCUT2D eigenvalue weighted by molar-refractivity contribution is 0.0753. The molecule has 19 heavy (non-hydrogen) atoms. The van der Waals surface area contributed by atoms with Crippen molar-refractivity contribution in [2.45, 2.75) is 18.4 Å². The molecule has 2 aromatic rings. The number of hydrogen-bond acceptors (Lipinski definition) is 3. The van der Waals surface area contributed by atoms with Crippen LogP contribution in [0.15, 0.2) is 45.1 Å². The first kappa shape index (κ1) is 14.6. The molecule has 2 nitrogen and oxygen atoms in total. The minimum absolute atomic E-state index is 0.0266. The van der Waals surface area contributed by atoms with E-state index in [-0.39, 0.29) is 5.91 Å². The van der Waals surface area contributed by atoms with Gasteiger partial charge in [0.25, 0.3) is 5.91 Å². The number of halogens is 1. The van der Waals surface area contributed by atoms with Gasteiger partial charge in [-0.1, -0.05) is 6.07 Å². The third-order valence-electron chi connectivity index (χ3n) is 2.78. The van der Waals surface area contributed by atoms with Crippen molar-refractivity contribution in [1.82, 2.24) is 4.90 Å². The Labute approximate surface area is 131 Å². The lowest BCUT2D eigenvalue weighted by atomic mass is 10.2. The second-order valence-electron chi connectivity index (χ2n) is 4.06. The molecule has 1 amide bonds. The van der Waals surface area contributed by atoms with Crippen LogP contribution in [-0.4, -0.2) is 17.4 Å². The van der Waals surface area contributed by atoms with Crippen LogP contribution >= 0.6 is 39.9 Å². The van der Waals surface area contributed by atoms with Gasteiger partial charge in [-0.05, 0) is 52.5 Å². The van der Waals surface area contributed by atoms with Crippen LogP contribution in [0.25, 0.3) is 0 Å². The van der Waals surface area contributed by atoms with Crippen LogP contribution in [0.3, 0.4) is 0 Å². The van der Waals surface area contributed by atoms with Crippen LogP contribution in [0.2, 0.25) is 0 Å². The van der Waals surface area contributed by atoms with Crippen molar-refractivity contribution in [2.75, 3.05) is 6.54 Å². The third kappa shape index (κ3) is 3.61. The molecule has 5 heteroatoms. The summed E-state index contributed by atoms with van der Waals surface area (Å²) in [5.74, 6) is 0.0266. The largest absolute Gasteiger partial charge is 0.334 e. The lowest BCUT2D eigenvalue weighted by Crippen LogP contribution is -2.30. The summed E-state index contributed by atoms with van der Waals surface area (Å²) in [7, 11) is 0. The zero-order valence-electron chi connectivity index (χ0n) is 10.5. The first-order chi connectivity index (χ1) is 9.11. The van der Waals surface area contributed by atoms with Crippen molar-refractivity contribution >= 4 is 45.8 Å². The quantitative estimate of drug-likeness (QED) is 0.802. The molecule has 0 unspecified atom stereocenters. The first-order valence-electron chi connectivity index (χ1n) is 5.92. The molecule has 0 bridgehead atoms. The Balaban J connectivity index is 2.23. The highest BCUT2D eigenvalue weighted by Crippen LogP contribution is 2.23. The Bertz CT molecular complexity index is 569. The minimum Gasteiger partial charge on any atom is -0.334 e. The Hall–Kier alpha value is -0.780. The number of rotatable bonds is 4. The van der Waals surface area contributed by atoms with Gasteiger partial charge < -0.3 is 4.90 Å². The number of carbonyl (C=O) groups excluding carboxylic acids is 1. The first-order valence-corrected chi connectivity index (χ1v) is 8.04. The number of thiol groups is 1. The standard InChI is InChI=1S/C14H14BrNOS2/c1-2-16(9-11-4-3-7-19-11)14(17)12-8-10(18)5-6-13(12)15/h3-8,18H,2,9H2,1H3. The normalized spacial score (nSPS) is 10.5. The maximum absolute atomic E-state index is 12.5. The summed E-state index contributed by atoms with van der Waals surface area (Å²) in [6.45, 7) is 3.32. The molecule has 0 aliphatic carbocycles. The monoisotopic (exact) mass is 355 g/mol. The van der Waals surface area contributed by atoms with E-state index in [1.165, 1.54) is 4.88 Å². The molecule has 0 saturated carbocycles. The fraction of sp³-hybridized carbons (Fsp3) is 0.214. The maximum atomic E-state index is 12.5. The molecule has 0 saturated heterocycles. The van der Waals surface area contributed by atoms with Crippen LogP contribution in [-0.2, 0) is 6.54 Å². The fourth-order valence-electron chi connectivity index (χ4n) is 1.77. The van der Waals surface area contributed by atoms with Crippen molar-refractivity contribution in [3.63, 3.8) is 0 Å². The summed E-state index contributed by atoms with van der Waals surface area (Å²) < 4.78 is 0.805. The molecule has 0 N–H and O–H groups in total. The van der Waals surface area contributed by atoms with Crippen molar-refractivity contribution < 1.29 is 4.79 Å². The number of nitrogens with zero attached hydrogens (tertiary/aromatic N) is 1. The number of amides is 1. The van der Waals surface area contributed by atoms with Crippen molar-refractivity contribution in [3.8, 4) is 0 Å². The van der Waals surface area contributed by atoms with E-state index in [0.717, 1.165) is 9.37 Å². The van der Waals surface area contributed by atoms with Gasteiger partial charge in [0.2, 0.25) is 0 Å². The molecule has 0 aliphatic heterocycles. The van der Waals surface area contributed by atoms with E-state index >= 15 is 0 Å². The van der Waals surface area contributed by atoms with E-state index in [9.17, 15) is 4.79 Å². The predicted molar refractivity (Wildman–Crippen MR) is 86.1 cm³/mol. The fourth-order valence-corrected chi connectivity index (χ4v) is 3.10. The summed E-state index contributed by atoms with van der Waals surface area (Å²) in [6.07, 6.45) is 0. The smallest absolute Gasteiger partial charge is 0.255 e. The molecule has 100 valence electrons. The average Bonchev–Trinajstić information content (AvgIpc) is 2.91. The van der Waals surface area contributed by atoms with Gasteiger partial charge in [-0.15, -0.1) is 24.0 Å². The molecular formula is C14H14BrNOS2. The molecule has 2 rings (SSSR count). The second kappa shape index (κ2) is 6.59. The van der Waals surface area contributed by atoms with Gasteiger partial charge in [-0.25, -0.2) is 0 Å². The number of thiophene rings is 1. The third-order valence-corrected chi connectivity index (χ3v) is 4.61. The van der Waals surface area contributed by atoms with Gasteiger partial charge >= 0.3 is 0 Å². The zero-order valence-corrected chi connectivity index (χ0v) is 13.8. The second-order valence-corrected chi connectivity index (χ2v) is 6.47. The Morgan fingerprint density at radius 1 is 1.42 bits per heavy atom. The summed E-state index contributed by atoms with van der Waals surface area (Å²) >= 11 is 9.39. The highest BCUT2D eigenvalue weighted by atomic mass is 79.9. The Kier molecular flexibility index (Phi) is 5.07. The van der Waals surface area contributed by atoms with Crippen LogP contribution in [0.5, 0.6) is 0 Å². The molecule has 0 radical (unpaired) electrons. The van der Waals surface area contributed by atoms with Crippen molar-refractivity contribution in [3.05, 3.63) is 50.6 Å². The molecule has 1 aromatic heterocycles. The van der Waals surface area contributed by atoms with Gasteiger partial charge in [0.1, 0.15) is 0 Å². The molecule has 1 aromatic carbocycles. The van der Waals surface area contributed by atoms with Gasteiger partial charge in [-0.2, -0.15) is 0 Å². The summed E-state index contributed by atoms with van der Waals surface area (Å²) in [4.78, 5) is 16.4. The van der Waals surface area contributed by atoms with Crippen molar-refractivity contribution in [2.24, 2.45) is 0 Å². The van der Waals surface area contributed by atoms with E-state index < -0.39 is 0 Å². The summed E-state index contributed by atoms with van der Waals surface area (Å²) in [6, 6.07) is 9.56. The number of hydrogen-bond donors (Lipinski definition) is 1. The average molecular weight is 356 g/mol. The zero-order chi connectivity index (χ0) is 13.8. The SMILES string of the molecule is CCN(Cc1cccs1)C(=O)c1cc(S)ccc1Br. The Morgan fingerprint density at radius 2 is 2.21 bits per heavy atom. The van der Waals surface area contributed by atoms with E-state index in [1.807, 2.05) is 41.5 Å². The lowest BCUT2D eigenvalue weighted by Gasteiger charge is -2.21. The van der Waals surface area contributed by atoms with E-state index in [4.69, 9.17) is 0 Å². The van der Waals surface area contributed by atoms with Gasteiger partial charge in [-0.3, -0.25) is 4.79 Å². The van der Waals surface area contributed by atoms with Gasteiger partial charge in [0, 0.05) is 20.8 Å². The molecule has 1 heterocycles. The maximum Gasteiger partial charge on any atom is 0.255 e. The molecule has 0 aliphatic rings. The van der Waals surface area contributed by atoms with Crippen molar-refractivity contribution in [1.29, 1.82) is 0 Å². The summed E-state index contributed by atoms with van der Waals surface area (Å²) in [5.41, 5.74) is 0.658. The van der Waals surface area contributed by atoms with Crippen LogP contribution in [0, 0.1) is 0 Å². The Morgan fingerprint density at radius 3 is 2.84 bits per heavy atom. The topological polar surface area (TPSA) is 20.3 Å². The summed E-state index contributed by atoms with van der Waals surface area (Å²) in [5, 5.41) is 2.03. The number of carbonyl (C=O) groups is 1. The molecule has 0 atom stereocenters. The molecular weight excluding hydrogens is 342 g/mol. The minimum atomic E-state index is 0.0266. The van der Waals surface area contributed by atoms with Gasteiger partial charge in [0.05, 0.1) is 12.1 Å². The van der Waals surface area contributed by atoms with E-state index in [0.29, 0.717) is 18.7 Å². The highest BCUT2D eigenvalue weighted by Gasteiger charge is 2.17. The van der Waals surface area contributed by atoms with E-state index in [2.05, 4.69) is 28.6 Å². The highest BCUT2D eigenvalue weighted by molar-refractivity contribution is 9.10.